The topological polar surface area (TPSA) is 24.8 Å². The molecule has 0 fully saturated rings. The number of nitrogens with zero attached hydrogens (tertiary/aromatic N) is 2. The van der Waals surface area contributed by atoms with Crippen LogP contribution in [0, 0.1) is 0 Å². The second kappa shape index (κ2) is 7.50. The zero-order valence-electron chi connectivity index (χ0n) is 16.5. The summed E-state index contributed by atoms with van der Waals surface area (Å²) in [5.41, 5.74) is 4.50. The summed E-state index contributed by atoms with van der Waals surface area (Å²) < 4.78 is 8.56. The Labute approximate surface area is 197 Å². The van der Waals surface area contributed by atoms with Crippen LogP contribution in [0.5, 0.6) is 5.75 Å². The molecule has 2 atom stereocenters. The molecule has 2 heterocycles. The molecule has 4 aromatic rings. The van der Waals surface area contributed by atoms with E-state index in [1.165, 1.54) is 16.3 Å². The number of benzene rings is 4. The Morgan fingerprint density at radius 1 is 0.806 bits per heavy atom. The van der Waals surface area contributed by atoms with Crippen molar-refractivity contribution >= 4 is 48.3 Å². The lowest BCUT2D eigenvalue weighted by Crippen LogP contribution is -2.33. The normalized spacial score (nSPS) is 19.5. The molecule has 0 amide bonds. The quantitative estimate of drug-likeness (QED) is 0.265. The van der Waals surface area contributed by atoms with Crippen LogP contribution in [-0.2, 0) is 0 Å². The van der Waals surface area contributed by atoms with Crippen molar-refractivity contribution < 1.29 is 4.74 Å². The lowest BCUT2D eigenvalue weighted by atomic mass is 9.95. The fourth-order valence-electron chi connectivity index (χ4n) is 4.48. The fourth-order valence-corrected chi connectivity index (χ4v) is 5.28. The summed E-state index contributed by atoms with van der Waals surface area (Å²) in [5.74, 6) is 0.921. The predicted molar refractivity (Wildman–Crippen MR) is 131 cm³/mol. The third kappa shape index (κ3) is 3.36. The van der Waals surface area contributed by atoms with Crippen LogP contribution in [-0.4, -0.2) is 10.7 Å². The maximum absolute atomic E-state index is 6.47. The van der Waals surface area contributed by atoms with Gasteiger partial charge in [-0.1, -0.05) is 80.4 Å². The number of hydrazone groups is 1. The van der Waals surface area contributed by atoms with Gasteiger partial charge in [-0.2, -0.15) is 5.10 Å². The van der Waals surface area contributed by atoms with Gasteiger partial charge in [-0.25, -0.2) is 5.01 Å². The van der Waals surface area contributed by atoms with Gasteiger partial charge in [-0.15, -0.1) is 0 Å². The summed E-state index contributed by atoms with van der Waals surface area (Å²) >= 11 is 7.22. The third-order valence-electron chi connectivity index (χ3n) is 5.97. The SMILES string of the molecule is Brc1cccc(C2Oc3ccc(Br)cc3C3CC(c4ccc5ccccc5c4)=NN32)c1. The van der Waals surface area contributed by atoms with Crippen LogP contribution in [0.15, 0.2) is 99.0 Å². The van der Waals surface area contributed by atoms with Crippen LogP contribution < -0.4 is 4.74 Å². The van der Waals surface area contributed by atoms with E-state index in [-0.39, 0.29) is 12.3 Å². The highest BCUT2D eigenvalue weighted by molar-refractivity contribution is 9.10. The highest BCUT2D eigenvalue weighted by Crippen LogP contribution is 2.48. The lowest BCUT2D eigenvalue weighted by Gasteiger charge is -2.38. The van der Waals surface area contributed by atoms with Crippen molar-refractivity contribution in [3.8, 4) is 5.75 Å². The zero-order chi connectivity index (χ0) is 20.9. The van der Waals surface area contributed by atoms with Gasteiger partial charge in [0, 0.05) is 26.5 Å². The summed E-state index contributed by atoms with van der Waals surface area (Å²) in [7, 11) is 0. The Bertz CT molecular complexity index is 1350. The molecule has 4 aromatic carbocycles. The number of hydrogen-bond donors (Lipinski definition) is 0. The third-order valence-corrected chi connectivity index (χ3v) is 6.95. The van der Waals surface area contributed by atoms with E-state index in [4.69, 9.17) is 9.84 Å². The van der Waals surface area contributed by atoms with Gasteiger partial charge in [0.1, 0.15) is 5.75 Å². The molecule has 2 aliphatic rings. The molecule has 2 unspecified atom stereocenters. The summed E-state index contributed by atoms with van der Waals surface area (Å²) in [6.45, 7) is 0. The standard InChI is InChI=1S/C26H18Br2N2O/c27-20-7-3-6-19(13-20)26-30-24(22-14-21(28)10-11-25(22)31-26)15-23(29-30)18-9-8-16-4-1-2-5-17(16)12-18/h1-14,24,26H,15H2. The van der Waals surface area contributed by atoms with E-state index >= 15 is 0 Å². The first-order chi connectivity index (χ1) is 15.2. The van der Waals surface area contributed by atoms with Gasteiger partial charge in [-0.05, 0) is 52.7 Å². The van der Waals surface area contributed by atoms with E-state index in [1.807, 2.05) is 18.2 Å². The smallest absolute Gasteiger partial charge is 0.213 e. The minimum absolute atomic E-state index is 0.131. The van der Waals surface area contributed by atoms with Crippen molar-refractivity contribution in [2.45, 2.75) is 18.7 Å². The Morgan fingerprint density at radius 2 is 1.65 bits per heavy atom. The van der Waals surface area contributed by atoms with E-state index in [1.54, 1.807) is 0 Å². The van der Waals surface area contributed by atoms with Gasteiger partial charge >= 0.3 is 0 Å². The molecule has 5 heteroatoms. The van der Waals surface area contributed by atoms with Gasteiger partial charge in [0.15, 0.2) is 0 Å². The molecule has 0 aliphatic carbocycles. The maximum Gasteiger partial charge on any atom is 0.213 e. The van der Waals surface area contributed by atoms with Crippen LogP contribution in [0.4, 0.5) is 0 Å². The predicted octanol–water partition coefficient (Wildman–Crippen LogP) is 7.61. The molecular weight excluding hydrogens is 516 g/mol. The van der Waals surface area contributed by atoms with Crippen molar-refractivity contribution in [3.05, 3.63) is 111 Å². The van der Waals surface area contributed by atoms with Crippen LogP contribution in [0.3, 0.4) is 0 Å². The second-order valence-electron chi connectivity index (χ2n) is 7.92. The highest BCUT2D eigenvalue weighted by Gasteiger charge is 2.41. The summed E-state index contributed by atoms with van der Waals surface area (Å²) in [4.78, 5) is 0. The minimum Gasteiger partial charge on any atom is -0.464 e. The van der Waals surface area contributed by atoms with Gasteiger partial charge in [0.25, 0.3) is 0 Å². The van der Waals surface area contributed by atoms with E-state index in [2.05, 4.69) is 104 Å². The Morgan fingerprint density at radius 3 is 2.52 bits per heavy atom. The first-order valence-electron chi connectivity index (χ1n) is 10.2. The Balaban J connectivity index is 1.46. The molecule has 0 spiro atoms. The summed E-state index contributed by atoms with van der Waals surface area (Å²) in [6.07, 6.45) is 0.574. The number of halogens is 2. The minimum atomic E-state index is -0.269. The molecule has 0 bridgehead atoms. The molecule has 3 nitrogen and oxygen atoms in total. The van der Waals surface area contributed by atoms with E-state index in [0.29, 0.717) is 0 Å². The van der Waals surface area contributed by atoms with Crippen LogP contribution in [0.2, 0.25) is 0 Å². The molecule has 0 saturated carbocycles. The highest BCUT2D eigenvalue weighted by atomic mass is 79.9. The van der Waals surface area contributed by atoms with Crippen molar-refractivity contribution in [1.82, 2.24) is 5.01 Å². The van der Waals surface area contributed by atoms with Crippen molar-refractivity contribution in [2.24, 2.45) is 5.10 Å². The van der Waals surface area contributed by atoms with Crippen LogP contribution in [0.25, 0.3) is 10.8 Å². The molecule has 0 N–H and O–H groups in total. The molecule has 0 radical (unpaired) electrons. The first kappa shape index (κ1) is 19.1. The fraction of sp³-hybridized carbons (Fsp3) is 0.115. The average Bonchev–Trinajstić information content (AvgIpc) is 3.24. The number of ether oxygens (including phenoxy) is 1. The molecule has 6 rings (SSSR count). The maximum atomic E-state index is 6.47. The Hall–Kier alpha value is -2.63. The summed E-state index contributed by atoms with van der Waals surface area (Å²) in [5, 5.41) is 9.70. The second-order valence-corrected chi connectivity index (χ2v) is 9.75. The number of rotatable bonds is 2. The molecule has 152 valence electrons. The average molecular weight is 534 g/mol. The van der Waals surface area contributed by atoms with Crippen molar-refractivity contribution in [1.29, 1.82) is 0 Å². The molecule has 31 heavy (non-hydrogen) atoms. The lowest BCUT2D eigenvalue weighted by molar-refractivity contribution is -0.0191. The monoisotopic (exact) mass is 532 g/mol. The molecule has 0 aromatic heterocycles. The number of hydrogen-bond acceptors (Lipinski definition) is 3. The summed E-state index contributed by atoms with van der Waals surface area (Å²) in [6, 6.07) is 29.7. The van der Waals surface area contributed by atoms with E-state index in [0.717, 1.165) is 38.0 Å². The largest absolute Gasteiger partial charge is 0.464 e. The van der Waals surface area contributed by atoms with E-state index in [9.17, 15) is 0 Å². The van der Waals surface area contributed by atoms with Gasteiger partial charge in [-0.3, -0.25) is 0 Å². The van der Waals surface area contributed by atoms with Crippen LogP contribution >= 0.6 is 31.9 Å². The van der Waals surface area contributed by atoms with Crippen molar-refractivity contribution in [2.75, 3.05) is 0 Å². The van der Waals surface area contributed by atoms with Crippen molar-refractivity contribution in [3.63, 3.8) is 0 Å². The zero-order valence-corrected chi connectivity index (χ0v) is 19.7. The first-order valence-corrected chi connectivity index (χ1v) is 11.8. The molecule has 2 aliphatic heterocycles. The van der Waals surface area contributed by atoms with Gasteiger partial charge in [0.05, 0.1) is 11.8 Å². The number of fused-ring (bicyclic) bond motifs is 4. The Kier molecular flexibility index (Phi) is 4.62. The molecular formula is C26H18Br2N2O. The van der Waals surface area contributed by atoms with Crippen LogP contribution in [0.1, 0.15) is 35.4 Å². The van der Waals surface area contributed by atoms with Gasteiger partial charge < -0.3 is 4.74 Å². The van der Waals surface area contributed by atoms with Gasteiger partial charge in [0.2, 0.25) is 6.23 Å². The molecule has 0 saturated heterocycles. The van der Waals surface area contributed by atoms with E-state index < -0.39 is 0 Å².